The van der Waals surface area contributed by atoms with Crippen molar-refractivity contribution in [2.45, 2.75) is 25.8 Å². The van der Waals surface area contributed by atoms with Crippen LogP contribution in [0.15, 0.2) is 0 Å². The number of nitrogens with one attached hydrogen (secondary N) is 1. The van der Waals surface area contributed by atoms with Gasteiger partial charge < -0.3 is 10.1 Å². The molecule has 11 heavy (non-hydrogen) atoms. The summed E-state index contributed by atoms with van der Waals surface area (Å²) in [4.78, 5) is 0. The van der Waals surface area contributed by atoms with Gasteiger partial charge >= 0.3 is 0 Å². The fourth-order valence-electron chi connectivity index (χ4n) is 0.771. The summed E-state index contributed by atoms with van der Waals surface area (Å²) in [6.45, 7) is 3.65. The van der Waals surface area contributed by atoms with Gasteiger partial charge in [0.05, 0.1) is 6.07 Å². The molecule has 0 heterocycles. The molecule has 0 aliphatic rings. The number of ether oxygens (including phenoxy) is 1. The molecule has 0 saturated carbocycles. The molecular weight excluding hydrogens is 140 g/mol. The van der Waals surface area contributed by atoms with Crippen LogP contribution in [0.3, 0.4) is 0 Å². The van der Waals surface area contributed by atoms with E-state index in [0.29, 0.717) is 12.5 Å². The topological polar surface area (TPSA) is 45.0 Å². The van der Waals surface area contributed by atoms with Gasteiger partial charge in [-0.25, -0.2) is 0 Å². The lowest BCUT2D eigenvalue weighted by atomic mass is 10.2. The highest BCUT2D eigenvalue weighted by molar-refractivity contribution is 4.71. The van der Waals surface area contributed by atoms with Crippen LogP contribution in [-0.2, 0) is 4.74 Å². The molecule has 0 aliphatic carbocycles. The standard InChI is InChI=1S/C8H16N2O/c1-8(4-7-11-2)10-6-3-5-9/h8,10H,3-4,6-7H2,1-2H3. The second-order valence-electron chi connectivity index (χ2n) is 2.54. The van der Waals surface area contributed by atoms with E-state index in [0.717, 1.165) is 19.6 Å². The molecule has 1 N–H and O–H groups in total. The summed E-state index contributed by atoms with van der Waals surface area (Å²) in [6.07, 6.45) is 1.58. The van der Waals surface area contributed by atoms with Gasteiger partial charge in [0.2, 0.25) is 0 Å². The summed E-state index contributed by atoms with van der Waals surface area (Å²) in [5, 5.41) is 11.5. The van der Waals surface area contributed by atoms with Crippen molar-refractivity contribution in [3.8, 4) is 6.07 Å². The molecule has 0 rings (SSSR count). The molecule has 0 aromatic carbocycles. The largest absolute Gasteiger partial charge is 0.385 e. The number of nitriles is 1. The fraction of sp³-hybridized carbons (Fsp3) is 0.875. The highest BCUT2D eigenvalue weighted by Crippen LogP contribution is 1.89. The van der Waals surface area contributed by atoms with E-state index >= 15 is 0 Å². The lowest BCUT2D eigenvalue weighted by Crippen LogP contribution is -2.27. The molecule has 1 unspecified atom stereocenters. The van der Waals surface area contributed by atoms with Gasteiger partial charge in [0.1, 0.15) is 0 Å². The van der Waals surface area contributed by atoms with Gasteiger partial charge in [-0.3, -0.25) is 0 Å². The Morgan fingerprint density at radius 1 is 1.64 bits per heavy atom. The highest BCUT2D eigenvalue weighted by Gasteiger charge is 1.98. The second-order valence-corrected chi connectivity index (χ2v) is 2.54. The van der Waals surface area contributed by atoms with Crippen molar-refractivity contribution >= 4 is 0 Å². The maximum atomic E-state index is 8.24. The maximum Gasteiger partial charge on any atom is 0.0635 e. The van der Waals surface area contributed by atoms with Crippen LogP contribution in [0.2, 0.25) is 0 Å². The molecule has 0 saturated heterocycles. The molecule has 0 bridgehead atoms. The number of nitrogens with zero attached hydrogens (tertiary/aromatic N) is 1. The maximum absolute atomic E-state index is 8.24. The van der Waals surface area contributed by atoms with Crippen LogP contribution in [-0.4, -0.2) is 26.3 Å². The Labute approximate surface area is 68.3 Å². The Morgan fingerprint density at radius 3 is 2.91 bits per heavy atom. The van der Waals surface area contributed by atoms with Crippen molar-refractivity contribution in [2.75, 3.05) is 20.3 Å². The molecule has 0 fully saturated rings. The summed E-state index contributed by atoms with van der Waals surface area (Å²) >= 11 is 0. The van der Waals surface area contributed by atoms with Crippen LogP contribution in [0.4, 0.5) is 0 Å². The lowest BCUT2D eigenvalue weighted by molar-refractivity contribution is 0.185. The SMILES string of the molecule is COCCC(C)NCCC#N. The van der Waals surface area contributed by atoms with E-state index < -0.39 is 0 Å². The molecule has 64 valence electrons. The Hall–Kier alpha value is -0.590. The molecule has 0 radical (unpaired) electrons. The first kappa shape index (κ1) is 10.4. The van der Waals surface area contributed by atoms with E-state index in [1.54, 1.807) is 7.11 Å². The van der Waals surface area contributed by atoms with Crippen LogP contribution in [0, 0.1) is 11.3 Å². The van der Waals surface area contributed by atoms with Gasteiger partial charge in [0.15, 0.2) is 0 Å². The number of hydrogen-bond acceptors (Lipinski definition) is 3. The zero-order valence-corrected chi connectivity index (χ0v) is 7.26. The first-order chi connectivity index (χ1) is 5.31. The monoisotopic (exact) mass is 156 g/mol. The van der Waals surface area contributed by atoms with Gasteiger partial charge in [-0.05, 0) is 13.3 Å². The predicted octanol–water partition coefficient (Wildman–Crippen LogP) is 0.915. The Bertz CT molecular complexity index is 120. The van der Waals surface area contributed by atoms with E-state index in [1.165, 1.54) is 0 Å². The van der Waals surface area contributed by atoms with E-state index in [4.69, 9.17) is 10.00 Å². The quantitative estimate of drug-likeness (QED) is 0.581. The summed E-state index contributed by atoms with van der Waals surface area (Å²) in [5.41, 5.74) is 0. The van der Waals surface area contributed by atoms with Crippen LogP contribution < -0.4 is 5.32 Å². The van der Waals surface area contributed by atoms with Crippen LogP contribution in [0.1, 0.15) is 19.8 Å². The predicted molar refractivity (Wildman–Crippen MR) is 44.2 cm³/mol. The van der Waals surface area contributed by atoms with E-state index in [1.807, 2.05) is 0 Å². The van der Waals surface area contributed by atoms with Crippen molar-refractivity contribution in [1.82, 2.24) is 5.32 Å². The molecule has 0 spiro atoms. The summed E-state index contributed by atoms with van der Waals surface area (Å²) in [6, 6.07) is 2.53. The molecule has 3 heteroatoms. The van der Waals surface area contributed by atoms with Crippen molar-refractivity contribution < 1.29 is 4.74 Å². The lowest BCUT2D eigenvalue weighted by Gasteiger charge is -2.10. The molecule has 0 aromatic heterocycles. The average molecular weight is 156 g/mol. The van der Waals surface area contributed by atoms with Crippen molar-refractivity contribution in [3.63, 3.8) is 0 Å². The third kappa shape index (κ3) is 7.31. The Morgan fingerprint density at radius 2 is 2.36 bits per heavy atom. The van der Waals surface area contributed by atoms with Gasteiger partial charge in [0, 0.05) is 32.7 Å². The van der Waals surface area contributed by atoms with Gasteiger partial charge in [0.25, 0.3) is 0 Å². The third-order valence-electron chi connectivity index (χ3n) is 1.48. The normalized spacial score (nSPS) is 12.5. The average Bonchev–Trinajstić information content (AvgIpc) is 2.01. The van der Waals surface area contributed by atoms with Crippen LogP contribution in [0.5, 0.6) is 0 Å². The van der Waals surface area contributed by atoms with Crippen LogP contribution >= 0.6 is 0 Å². The first-order valence-electron chi connectivity index (χ1n) is 3.90. The van der Waals surface area contributed by atoms with Crippen molar-refractivity contribution in [3.05, 3.63) is 0 Å². The minimum Gasteiger partial charge on any atom is -0.385 e. The molecule has 0 aliphatic heterocycles. The minimum atomic E-state index is 0.447. The van der Waals surface area contributed by atoms with E-state index in [2.05, 4.69) is 18.3 Å². The zero-order chi connectivity index (χ0) is 8.53. The second kappa shape index (κ2) is 7.52. The number of hydrogen-bond donors (Lipinski definition) is 1. The van der Waals surface area contributed by atoms with Crippen molar-refractivity contribution in [2.24, 2.45) is 0 Å². The number of methoxy groups -OCH3 is 1. The molecule has 0 amide bonds. The summed E-state index contributed by atoms with van der Waals surface area (Å²) < 4.78 is 4.91. The summed E-state index contributed by atoms with van der Waals surface area (Å²) in [5.74, 6) is 0. The van der Waals surface area contributed by atoms with Gasteiger partial charge in [-0.1, -0.05) is 0 Å². The van der Waals surface area contributed by atoms with E-state index in [-0.39, 0.29) is 0 Å². The third-order valence-corrected chi connectivity index (χ3v) is 1.48. The molecule has 0 aromatic rings. The van der Waals surface area contributed by atoms with Gasteiger partial charge in [-0.2, -0.15) is 5.26 Å². The molecule has 3 nitrogen and oxygen atoms in total. The first-order valence-corrected chi connectivity index (χ1v) is 3.90. The Kier molecular flexibility index (Phi) is 7.11. The fourth-order valence-corrected chi connectivity index (χ4v) is 0.771. The number of rotatable bonds is 6. The van der Waals surface area contributed by atoms with Gasteiger partial charge in [-0.15, -0.1) is 0 Å². The highest BCUT2D eigenvalue weighted by atomic mass is 16.5. The zero-order valence-electron chi connectivity index (χ0n) is 7.26. The smallest absolute Gasteiger partial charge is 0.0635 e. The molecule has 1 atom stereocenters. The van der Waals surface area contributed by atoms with E-state index in [9.17, 15) is 0 Å². The van der Waals surface area contributed by atoms with Crippen LogP contribution in [0.25, 0.3) is 0 Å². The van der Waals surface area contributed by atoms with Crippen molar-refractivity contribution in [1.29, 1.82) is 5.26 Å². The molecular formula is C8H16N2O. The Balaban J connectivity index is 3.10. The minimum absolute atomic E-state index is 0.447. The summed E-state index contributed by atoms with van der Waals surface area (Å²) in [7, 11) is 1.70.